The third-order valence-electron chi connectivity index (χ3n) is 4.34. The van der Waals surface area contributed by atoms with Crippen LogP contribution in [-0.2, 0) is 0 Å². The van der Waals surface area contributed by atoms with E-state index in [0.717, 1.165) is 23.7 Å². The Morgan fingerprint density at radius 2 is 2.18 bits per heavy atom. The van der Waals surface area contributed by atoms with Crippen molar-refractivity contribution in [3.05, 3.63) is 24.3 Å². The van der Waals surface area contributed by atoms with Crippen LogP contribution in [0.2, 0.25) is 0 Å². The van der Waals surface area contributed by atoms with Crippen LogP contribution in [0, 0.1) is 5.92 Å². The van der Waals surface area contributed by atoms with Crippen molar-refractivity contribution >= 4 is 23.5 Å². The number of hydrogen-bond donors (Lipinski definition) is 1. The molecule has 122 valence electrons. The second kappa shape index (κ2) is 7.88. The Balaban J connectivity index is 2.00. The number of thioether (sulfide) groups is 1. The van der Waals surface area contributed by atoms with E-state index < -0.39 is 0 Å². The predicted octanol–water partition coefficient (Wildman–Crippen LogP) is 3.60. The number of nitrogens with one attached hydrogen (secondary N) is 1. The number of anilines is 1. The summed E-state index contributed by atoms with van der Waals surface area (Å²) >= 11 is 1.68. The molecule has 0 radical (unpaired) electrons. The van der Waals surface area contributed by atoms with E-state index in [9.17, 15) is 4.79 Å². The van der Waals surface area contributed by atoms with Crippen LogP contribution in [-0.4, -0.2) is 55.3 Å². The van der Waals surface area contributed by atoms with Gasteiger partial charge in [0, 0.05) is 29.7 Å². The first-order valence-electron chi connectivity index (χ1n) is 7.91. The Morgan fingerprint density at radius 3 is 2.82 bits per heavy atom. The van der Waals surface area contributed by atoms with Crippen molar-refractivity contribution in [3.8, 4) is 0 Å². The van der Waals surface area contributed by atoms with Crippen molar-refractivity contribution in [1.82, 2.24) is 9.80 Å². The summed E-state index contributed by atoms with van der Waals surface area (Å²) in [5.41, 5.74) is 0.872. The number of nitrogens with zero attached hydrogens (tertiary/aromatic N) is 2. The number of likely N-dealkylation sites (tertiary alicyclic amines) is 1. The van der Waals surface area contributed by atoms with Gasteiger partial charge in [-0.15, -0.1) is 11.8 Å². The van der Waals surface area contributed by atoms with Crippen LogP contribution in [0.25, 0.3) is 0 Å². The zero-order valence-corrected chi connectivity index (χ0v) is 14.8. The molecule has 0 bridgehead atoms. The molecule has 1 aliphatic rings. The lowest BCUT2D eigenvalue weighted by atomic mass is 9.98. The number of benzene rings is 1. The van der Waals surface area contributed by atoms with Gasteiger partial charge in [0.1, 0.15) is 0 Å². The average molecular weight is 321 g/mol. The van der Waals surface area contributed by atoms with Crippen LogP contribution in [0.4, 0.5) is 10.5 Å². The molecule has 1 heterocycles. The smallest absolute Gasteiger partial charge is 0.321 e. The molecule has 1 aromatic rings. The maximum absolute atomic E-state index is 12.5. The zero-order chi connectivity index (χ0) is 16.1. The second-order valence-electron chi connectivity index (χ2n) is 6.15. The number of carbonyl (C=O) groups is 1. The Labute approximate surface area is 138 Å². The molecule has 0 spiro atoms. The summed E-state index contributed by atoms with van der Waals surface area (Å²) in [6, 6.07) is 8.47. The Morgan fingerprint density at radius 1 is 1.41 bits per heavy atom. The molecule has 1 aromatic carbocycles. The van der Waals surface area contributed by atoms with Crippen LogP contribution >= 0.6 is 11.8 Å². The van der Waals surface area contributed by atoms with Gasteiger partial charge in [-0.1, -0.05) is 19.4 Å². The van der Waals surface area contributed by atoms with Gasteiger partial charge in [0.15, 0.2) is 0 Å². The third-order valence-corrected chi connectivity index (χ3v) is 5.06. The minimum Gasteiger partial charge on any atom is -0.323 e. The Kier molecular flexibility index (Phi) is 6.15. The first-order valence-corrected chi connectivity index (χ1v) is 9.14. The molecule has 1 fully saturated rings. The lowest BCUT2D eigenvalue weighted by Gasteiger charge is -2.24. The van der Waals surface area contributed by atoms with Crippen LogP contribution in [0.5, 0.6) is 0 Å². The second-order valence-corrected chi connectivity index (χ2v) is 7.03. The van der Waals surface area contributed by atoms with E-state index in [1.165, 1.54) is 12.8 Å². The number of carbonyl (C=O) groups excluding carboxylic acids is 1. The topological polar surface area (TPSA) is 35.6 Å². The Bertz CT molecular complexity index is 506. The summed E-state index contributed by atoms with van der Waals surface area (Å²) in [7, 11) is 4.22. The van der Waals surface area contributed by atoms with Crippen molar-refractivity contribution in [2.45, 2.75) is 30.7 Å². The van der Waals surface area contributed by atoms with Crippen LogP contribution in [0.1, 0.15) is 19.8 Å². The number of rotatable bonds is 5. The molecule has 0 aromatic heterocycles. The van der Waals surface area contributed by atoms with Gasteiger partial charge >= 0.3 is 6.03 Å². The highest BCUT2D eigenvalue weighted by atomic mass is 32.2. The summed E-state index contributed by atoms with van der Waals surface area (Å²) in [5, 5.41) is 3.04. The van der Waals surface area contributed by atoms with Gasteiger partial charge in [0.05, 0.1) is 0 Å². The monoisotopic (exact) mass is 321 g/mol. The van der Waals surface area contributed by atoms with Crippen LogP contribution < -0.4 is 5.32 Å². The van der Waals surface area contributed by atoms with Gasteiger partial charge in [0.2, 0.25) is 0 Å². The van der Waals surface area contributed by atoms with Gasteiger partial charge in [-0.2, -0.15) is 0 Å². The lowest BCUT2D eigenvalue weighted by Crippen LogP contribution is -2.37. The Hall–Kier alpha value is -1.20. The largest absolute Gasteiger partial charge is 0.323 e. The van der Waals surface area contributed by atoms with Crippen molar-refractivity contribution in [2.24, 2.45) is 5.92 Å². The van der Waals surface area contributed by atoms with E-state index in [-0.39, 0.29) is 6.03 Å². The molecule has 22 heavy (non-hydrogen) atoms. The van der Waals surface area contributed by atoms with Gasteiger partial charge < -0.3 is 15.1 Å². The highest BCUT2D eigenvalue weighted by Crippen LogP contribution is 2.26. The number of amides is 2. The van der Waals surface area contributed by atoms with E-state index in [1.54, 1.807) is 11.8 Å². The number of urea groups is 1. The van der Waals surface area contributed by atoms with Crippen molar-refractivity contribution in [3.63, 3.8) is 0 Å². The fraction of sp³-hybridized carbons (Fsp3) is 0.588. The standard InChI is InChI=1S/C17H27N3OS/c1-5-7-13-11-20(12-16(13)19(2)3)17(21)18-14-8-6-9-15(10-14)22-4/h6,8-10,13,16H,5,7,11-12H2,1-4H3,(H,18,21). The normalized spacial score (nSPS) is 21.4. The predicted molar refractivity (Wildman–Crippen MR) is 94.7 cm³/mol. The van der Waals surface area contributed by atoms with Gasteiger partial charge in [-0.05, 0) is 50.9 Å². The van der Waals surface area contributed by atoms with Crippen LogP contribution in [0.15, 0.2) is 29.2 Å². The number of likely N-dealkylation sites (N-methyl/N-ethyl adjacent to an activating group) is 1. The van der Waals surface area contributed by atoms with Gasteiger partial charge in [-0.25, -0.2) is 4.79 Å². The highest BCUT2D eigenvalue weighted by Gasteiger charge is 2.35. The molecule has 0 aliphatic carbocycles. The first kappa shape index (κ1) is 17.2. The van der Waals surface area contributed by atoms with Crippen molar-refractivity contribution < 1.29 is 4.79 Å². The maximum atomic E-state index is 12.5. The van der Waals surface area contributed by atoms with E-state index >= 15 is 0 Å². The lowest BCUT2D eigenvalue weighted by molar-refractivity contribution is 0.216. The average Bonchev–Trinajstić information content (AvgIpc) is 2.92. The molecule has 1 N–H and O–H groups in total. The van der Waals surface area contributed by atoms with Crippen molar-refractivity contribution in [2.75, 3.05) is 38.8 Å². The molecule has 4 nitrogen and oxygen atoms in total. The summed E-state index contributed by atoms with van der Waals surface area (Å²) < 4.78 is 0. The van der Waals surface area contributed by atoms with Gasteiger partial charge in [0.25, 0.3) is 0 Å². The minimum atomic E-state index is 0.0173. The minimum absolute atomic E-state index is 0.0173. The molecule has 2 rings (SSSR count). The van der Waals surface area contributed by atoms with Crippen LogP contribution in [0.3, 0.4) is 0 Å². The first-order chi connectivity index (χ1) is 10.5. The fourth-order valence-corrected chi connectivity index (χ4v) is 3.62. The molecular weight excluding hydrogens is 294 g/mol. The number of hydrogen-bond acceptors (Lipinski definition) is 3. The molecule has 1 aliphatic heterocycles. The third kappa shape index (κ3) is 4.17. The van der Waals surface area contributed by atoms with E-state index in [4.69, 9.17) is 0 Å². The highest BCUT2D eigenvalue weighted by molar-refractivity contribution is 7.98. The molecule has 1 saturated heterocycles. The fourth-order valence-electron chi connectivity index (χ4n) is 3.16. The van der Waals surface area contributed by atoms with E-state index in [2.05, 4.69) is 37.3 Å². The molecule has 2 amide bonds. The quantitative estimate of drug-likeness (QED) is 0.842. The summed E-state index contributed by atoms with van der Waals surface area (Å²) in [6.07, 6.45) is 4.38. The zero-order valence-electron chi connectivity index (χ0n) is 14.0. The van der Waals surface area contributed by atoms with Crippen molar-refractivity contribution in [1.29, 1.82) is 0 Å². The molecule has 5 heteroatoms. The van der Waals surface area contributed by atoms with E-state index in [1.807, 2.05) is 29.4 Å². The van der Waals surface area contributed by atoms with E-state index in [0.29, 0.717) is 12.0 Å². The molecule has 0 saturated carbocycles. The SMILES string of the molecule is CCCC1CN(C(=O)Nc2cccc(SC)c2)CC1N(C)C. The van der Waals surface area contributed by atoms with Gasteiger partial charge in [-0.3, -0.25) is 0 Å². The molecule has 2 atom stereocenters. The molecular formula is C17H27N3OS. The molecule has 2 unspecified atom stereocenters. The summed E-state index contributed by atoms with van der Waals surface area (Å²) in [4.78, 5) is 17.9. The maximum Gasteiger partial charge on any atom is 0.321 e. The summed E-state index contributed by atoms with van der Waals surface area (Å²) in [5.74, 6) is 0.572. The summed E-state index contributed by atoms with van der Waals surface area (Å²) in [6.45, 7) is 3.87.